The molecule has 0 saturated heterocycles. The zero-order valence-corrected chi connectivity index (χ0v) is 50.8. The number of ether oxygens (including phenoxy) is 1. The van der Waals surface area contributed by atoms with Gasteiger partial charge in [-0.15, -0.1) is 0 Å². The monoisotopic (exact) mass is 1060 g/mol. The number of carbonyl (C=O) groups is 2. The summed E-state index contributed by atoms with van der Waals surface area (Å²) in [5.74, 6) is -0.0679. The second kappa shape index (κ2) is 64.9. The number of esters is 1. The fourth-order valence-electron chi connectivity index (χ4n) is 10.7. The molecule has 0 aromatic heterocycles. The van der Waals surface area contributed by atoms with Crippen LogP contribution < -0.4 is 5.32 Å². The minimum Gasteiger partial charge on any atom is -0.466 e. The predicted octanol–water partition coefficient (Wildman–Crippen LogP) is 21.8. The molecule has 1 amide bonds. The van der Waals surface area contributed by atoms with Gasteiger partial charge in [-0.05, 0) is 57.8 Å². The van der Waals surface area contributed by atoms with Crippen LogP contribution in [0.1, 0.15) is 380 Å². The van der Waals surface area contributed by atoms with Crippen molar-refractivity contribution in [3.8, 4) is 0 Å². The maximum absolute atomic E-state index is 12.5. The van der Waals surface area contributed by atoms with Gasteiger partial charge in [-0.25, -0.2) is 0 Å². The average Bonchev–Trinajstić information content (AvgIpc) is 3.41. The second-order valence-electron chi connectivity index (χ2n) is 23.5. The normalized spacial score (nSPS) is 12.6. The van der Waals surface area contributed by atoms with Gasteiger partial charge < -0.3 is 20.3 Å². The molecule has 0 aliphatic heterocycles. The number of nitrogens with one attached hydrogen (secondary N) is 1. The van der Waals surface area contributed by atoms with Gasteiger partial charge in [0.05, 0.1) is 25.4 Å². The van der Waals surface area contributed by atoms with Crippen molar-refractivity contribution in [1.29, 1.82) is 0 Å². The molecule has 444 valence electrons. The maximum Gasteiger partial charge on any atom is 0.305 e. The number of allylic oxidation sites excluding steroid dienone is 3. The van der Waals surface area contributed by atoms with E-state index in [2.05, 4.69) is 31.3 Å². The number of aliphatic hydroxyl groups is 2. The Kier molecular flexibility index (Phi) is 63.4. The number of hydrogen-bond donors (Lipinski definition) is 3. The Hall–Kier alpha value is -1.66. The lowest BCUT2D eigenvalue weighted by Crippen LogP contribution is -2.45. The number of amides is 1. The minimum absolute atomic E-state index is 0.0000862. The fraction of sp³-hybridized carbons (Fsp3) is 0.913. The van der Waals surface area contributed by atoms with Crippen molar-refractivity contribution in [2.75, 3.05) is 13.2 Å². The van der Waals surface area contributed by atoms with Gasteiger partial charge >= 0.3 is 5.97 Å². The van der Waals surface area contributed by atoms with Gasteiger partial charge in [0.2, 0.25) is 5.91 Å². The summed E-state index contributed by atoms with van der Waals surface area (Å²) in [7, 11) is 0. The highest BCUT2D eigenvalue weighted by atomic mass is 16.5. The highest BCUT2D eigenvalue weighted by molar-refractivity contribution is 5.76. The third-order valence-electron chi connectivity index (χ3n) is 16.0. The van der Waals surface area contributed by atoms with Crippen molar-refractivity contribution in [3.63, 3.8) is 0 Å². The van der Waals surface area contributed by atoms with Crippen molar-refractivity contribution < 1.29 is 24.5 Å². The molecule has 0 aliphatic rings. The Balaban J connectivity index is 3.43. The van der Waals surface area contributed by atoms with Crippen molar-refractivity contribution in [2.24, 2.45) is 0 Å². The van der Waals surface area contributed by atoms with E-state index in [-0.39, 0.29) is 18.5 Å². The second-order valence-corrected chi connectivity index (χ2v) is 23.5. The van der Waals surface area contributed by atoms with Crippen LogP contribution in [-0.4, -0.2) is 47.4 Å². The highest BCUT2D eigenvalue weighted by Gasteiger charge is 2.18. The lowest BCUT2D eigenvalue weighted by atomic mass is 10.0. The molecule has 3 N–H and O–H groups in total. The van der Waals surface area contributed by atoms with E-state index in [1.165, 1.54) is 308 Å². The molecule has 75 heavy (non-hydrogen) atoms. The van der Waals surface area contributed by atoms with Crippen molar-refractivity contribution in [3.05, 3.63) is 24.3 Å². The summed E-state index contributed by atoms with van der Waals surface area (Å²) in [5.41, 5.74) is 0. The van der Waals surface area contributed by atoms with Gasteiger partial charge in [-0.1, -0.05) is 334 Å². The average molecular weight is 1060 g/mol. The van der Waals surface area contributed by atoms with E-state index in [1.807, 2.05) is 6.08 Å². The summed E-state index contributed by atoms with van der Waals surface area (Å²) in [4.78, 5) is 24.6. The topological polar surface area (TPSA) is 95.9 Å². The summed E-state index contributed by atoms with van der Waals surface area (Å²) < 4.78 is 5.49. The molecule has 0 heterocycles. The van der Waals surface area contributed by atoms with Crippen LogP contribution in [0.2, 0.25) is 0 Å². The van der Waals surface area contributed by atoms with Gasteiger partial charge in [0.15, 0.2) is 0 Å². The third kappa shape index (κ3) is 61.4. The first-order valence-electron chi connectivity index (χ1n) is 34.1. The van der Waals surface area contributed by atoms with Gasteiger partial charge in [-0.3, -0.25) is 9.59 Å². The molecule has 6 heteroatoms. The van der Waals surface area contributed by atoms with Crippen LogP contribution in [-0.2, 0) is 14.3 Å². The molecule has 6 nitrogen and oxygen atoms in total. The molecule has 0 aliphatic carbocycles. The van der Waals surface area contributed by atoms with Crippen LogP contribution in [0.5, 0.6) is 0 Å². The van der Waals surface area contributed by atoms with Gasteiger partial charge in [-0.2, -0.15) is 0 Å². The first-order chi connectivity index (χ1) is 37.0. The lowest BCUT2D eigenvalue weighted by molar-refractivity contribution is -0.143. The Morgan fingerprint density at radius 3 is 0.947 bits per heavy atom. The molecule has 2 unspecified atom stereocenters. The molecule has 0 aromatic rings. The zero-order chi connectivity index (χ0) is 54.3. The molecule has 0 rings (SSSR count). The van der Waals surface area contributed by atoms with E-state index in [0.29, 0.717) is 19.4 Å². The molecule has 0 aromatic carbocycles. The highest BCUT2D eigenvalue weighted by Crippen LogP contribution is 2.18. The molecule has 0 radical (unpaired) electrons. The number of hydrogen-bond acceptors (Lipinski definition) is 5. The first-order valence-corrected chi connectivity index (χ1v) is 34.1. The predicted molar refractivity (Wildman–Crippen MR) is 329 cm³/mol. The first kappa shape index (κ1) is 73.3. The SMILES string of the molecule is CCCCCCCCC/C=C\CCCCCCCC(=O)OCCCCCCCCCCCCCCCCCCCCC(=O)NC(CO)C(O)/C=C/CCCCCCCCCCCCCCCCCCCCCCCC. The van der Waals surface area contributed by atoms with E-state index < -0.39 is 12.1 Å². The van der Waals surface area contributed by atoms with Gasteiger partial charge in [0.25, 0.3) is 0 Å². The van der Waals surface area contributed by atoms with E-state index in [4.69, 9.17) is 4.74 Å². The molecular weight excluding hydrogens is 923 g/mol. The zero-order valence-electron chi connectivity index (χ0n) is 50.8. The van der Waals surface area contributed by atoms with Gasteiger partial charge in [0.1, 0.15) is 0 Å². The molecule has 0 fully saturated rings. The standard InChI is InChI=1S/C69H133NO5/c1-3-5-7-9-11-13-15-17-19-21-22-23-24-25-26-27-30-33-37-41-45-49-53-57-61-67(72)66(65-71)70-68(73)62-58-54-50-46-42-38-34-31-28-29-32-36-40-44-48-52-56-60-64-75-69(74)63-59-55-51-47-43-39-35-20-18-16-14-12-10-8-6-4-2/h20,35,57,61,66-67,71-72H,3-19,21-34,36-56,58-60,62-65H2,1-2H3,(H,70,73)/b35-20-,61-57+. The number of rotatable bonds is 64. The molecule has 0 bridgehead atoms. The Morgan fingerprint density at radius 1 is 0.360 bits per heavy atom. The van der Waals surface area contributed by atoms with Crippen LogP contribution in [0, 0.1) is 0 Å². The number of unbranched alkanes of at least 4 members (excludes halogenated alkanes) is 51. The smallest absolute Gasteiger partial charge is 0.305 e. The summed E-state index contributed by atoms with van der Waals surface area (Å²) in [6, 6.07) is -0.632. The van der Waals surface area contributed by atoms with Crippen LogP contribution in [0.25, 0.3) is 0 Å². The van der Waals surface area contributed by atoms with E-state index >= 15 is 0 Å². The van der Waals surface area contributed by atoms with E-state index in [9.17, 15) is 19.8 Å². The van der Waals surface area contributed by atoms with Crippen LogP contribution in [0.15, 0.2) is 24.3 Å². The van der Waals surface area contributed by atoms with Crippen molar-refractivity contribution >= 4 is 11.9 Å². The Morgan fingerprint density at radius 2 is 0.627 bits per heavy atom. The van der Waals surface area contributed by atoms with Crippen LogP contribution in [0.4, 0.5) is 0 Å². The summed E-state index contributed by atoms with van der Waals surface area (Å²) >= 11 is 0. The van der Waals surface area contributed by atoms with Crippen LogP contribution >= 0.6 is 0 Å². The van der Waals surface area contributed by atoms with E-state index in [1.54, 1.807) is 6.08 Å². The molecule has 0 saturated carbocycles. The fourth-order valence-corrected chi connectivity index (χ4v) is 10.7. The molecular formula is C69H133NO5. The number of carbonyl (C=O) groups excluding carboxylic acids is 2. The largest absolute Gasteiger partial charge is 0.466 e. The molecule has 0 spiro atoms. The third-order valence-corrected chi connectivity index (χ3v) is 16.0. The lowest BCUT2D eigenvalue weighted by Gasteiger charge is -2.20. The maximum atomic E-state index is 12.5. The van der Waals surface area contributed by atoms with Gasteiger partial charge in [0, 0.05) is 12.8 Å². The van der Waals surface area contributed by atoms with Crippen LogP contribution in [0.3, 0.4) is 0 Å². The van der Waals surface area contributed by atoms with Crippen molar-refractivity contribution in [1.82, 2.24) is 5.32 Å². The summed E-state index contributed by atoms with van der Waals surface area (Å²) in [6.45, 7) is 4.92. The summed E-state index contributed by atoms with van der Waals surface area (Å²) in [6.07, 6.45) is 80.9. The minimum atomic E-state index is -0.849. The molecule has 2 atom stereocenters. The van der Waals surface area contributed by atoms with E-state index in [0.717, 1.165) is 44.9 Å². The number of aliphatic hydroxyl groups excluding tert-OH is 2. The quantitative estimate of drug-likeness (QED) is 0.0320. The Labute approximate surface area is 469 Å². The van der Waals surface area contributed by atoms with Crippen molar-refractivity contribution in [2.45, 2.75) is 392 Å². The Bertz CT molecular complexity index is 1170. The summed E-state index contributed by atoms with van der Waals surface area (Å²) in [5, 5.41) is 23.3.